The van der Waals surface area contributed by atoms with E-state index in [1.807, 2.05) is 50.6 Å². The molecule has 134 valence electrons. The molecular weight excluding hydrogens is 340 g/mol. The standard InChI is InChI=1S/C17H22N4O3S/c1-11(2)13-6-5-7-14(12(3)4)16(13)20-17(22)21-25(23,24)15-10-18-8-9-19-15/h5-12H,1-4H3,(H2,20,21,22). The van der Waals surface area contributed by atoms with Crippen LogP contribution in [0.4, 0.5) is 10.5 Å². The van der Waals surface area contributed by atoms with Crippen molar-refractivity contribution in [3.63, 3.8) is 0 Å². The molecule has 0 saturated heterocycles. The molecule has 2 aromatic rings. The Morgan fingerprint density at radius 1 is 1.04 bits per heavy atom. The molecule has 0 unspecified atom stereocenters. The van der Waals surface area contributed by atoms with E-state index in [0.717, 1.165) is 17.3 Å². The van der Waals surface area contributed by atoms with Crippen LogP contribution in [-0.4, -0.2) is 24.4 Å². The summed E-state index contributed by atoms with van der Waals surface area (Å²) in [6.07, 6.45) is 3.68. The SMILES string of the molecule is CC(C)c1cccc(C(C)C)c1NC(=O)NS(=O)(=O)c1cnccn1. The number of anilines is 1. The first kappa shape index (κ1) is 18.9. The molecule has 0 aliphatic carbocycles. The average molecular weight is 362 g/mol. The summed E-state index contributed by atoms with van der Waals surface area (Å²) in [4.78, 5) is 19.7. The fourth-order valence-electron chi connectivity index (χ4n) is 2.43. The zero-order valence-electron chi connectivity index (χ0n) is 14.6. The molecule has 0 atom stereocenters. The smallest absolute Gasteiger partial charge is 0.307 e. The predicted octanol–water partition coefficient (Wildman–Crippen LogP) is 3.23. The Kier molecular flexibility index (Phi) is 5.73. The van der Waals surface area contributed by atoms with Crippen molar-refractivity contribution in [1.29, 1.82) is 0 Å². The molecule has 1 aromatic carbocycles. The highest BCUT2D eigenvalue weighted by Crippen LogP contribution is 2.32. The fraction of sp³-hybridized carbons (Fsp3) is 0.353. The summed E-state index contributed by atoms with van der Waals surface area (Å²) in [7, 11) is -4.08. The Labute approximate surface area is 148 Å². The van der Waals surface area contributed by atoms with Crippen LogP contribution in [0.2, 0.25) is 0 Å². The lowest BCUT2D eigenvalue weighted by Crippen LogP contribution is -2.35. The van der Waals surface area contributed by atoms with Gasteiger partial charge in [0.05, 0.1) is 6.20 Å². The maximum absolute atomic E-state index is 12.3. The van der Waals surface area contributed by atoms with E-state index in [4.69, 9.17) is 0 Å². The molecule has 0 fully saturated rings. The zero-order valence-corrected chi connectivity index (χ0v) is 15.5. The third-order valence-corrected chi connectivity index (χ3v) is 4.87. The Bertz CT molecular complexity index is 823. The molecule has 0 radical (unpaired) electrons. The Morgan fingerprint density at radius 3 is 2.12 bits per heavy atom. The van der Waals surface area contributed by atoms with Gasteiger partial charge in [0.2, 0.25) is 0 Å². The number of hydrogen-bond acceptors (Lipinski definition) is 5. The van der Waals surface area contributed by atoms with Gasteiger partial charge in [-0.1, -0.05) is 45.9 Å². The van der Waals surface area contributed by atoms with E-state index in [1.165, 1.54) is 12.4 Å². The van der Waals surface area contributed by atoms with Gasteiger partial charge in [-0.25, -0.2) is 14.5 Å². The lowest BCUT2D eigenvalue weighted by atomic mass is 9.93. The van der Waals surface area contributed by atoms with E-state index in [0.29, 0.717) is 5.69 Å². The molecule has 7 nitrogen and oxygen atoms in total. The fourth-order valence-corrected chi connectivity index (χ4v) is 3.23. The molecule has 0 saturated carbocycles. The normalized spacial score (nSPS) is 11.6. The highest BCUT2D eigenvalue weighted by atomic mass is 32.2. The summed E-state index contributed by atoms with van der Waals surface area (Å²) in [5.74, 6) is 0.344. The topological polar surface area (TPSA) is 101 Å². The zero-order chi connectivity index (χ0) is 18.6. The summed E-state index contributed by atoms with van der Waals surface area (Å²) in [5.41, 5.74) is 2.52. The van der Waals surface area contributed by atoms with Crippen molar-refractivity contribution in [2.45, 2.75) is 44.6 Å². The third-order valence-electron chi connectivity index (χ3n) is 3.65. The minimum absolute atomic E-state index is 0.172. The van der Waals surface area contributed by atoms with Gasteiger partial charge in [0.25, 0.3) is 10.0 Å². The number of carbonyl (C=O) groups excluding carboxylic acids is 1. The molecule has 2 N–H and O–H groups in total. The van der Waals surface area contributed by atoms with Crippen molar-refractivity contribution < 1.29 is 13.2 Å². The van der Waals surface area contributed by atoms with Gasteiger partial charge >= 0.3 is 6.03 Å². The maximum atomic E-state index is 12.3. The molecule has 0 bridgehead atoms. The molecular formula is C17H22N4O3S. The van der Waals surface area contributed by atoms with Gasteiger partial charge in [0, 0.05) is 18.1 Å². The minimum atomic E-state index is -4.08. The number of carbonyl (C=O) groups is 1. The number of para-hydroxylation sites is 1. The molecule has 2 amide bonds. The molecule has 25 heavy (non-hydrogen) atoms. The molecule has 0 aliphatic rings. The van der Waals surface area contributed by atoms with Crippen molar-refractivity contribution in [2.75, 3.05) is 5.32 Å². The van der Waals surface area contributed by atoms with Crippen LogP contribution in [0.3, 0.4) is 0 Å². The minimum Gasteiger partial charge on any atom is -0.307 e. The van der Waals surface area contributed by atoms with E-state index in [-0.39, 0.29) is 16.9 Å². The molecule has 2 rings (SSSR count). The largest absolute Gasteiger partial charge is 0.333 e. The van der Waals surface area contributed by atoms with Crippen LogP contribution in [0.25, 0.3) is 0 Å². The molecule has 1 aromatic heterocycles. The van der Waals surface area contributed by atoms with Gasteiger partial charge in [-0.2, -0.15) is 8.42 Å². The van der Waals surface area contributed by atoms with Crippen LogP contribution >= 0.6 is 0 Å². The second-order valence-electron chi connectivity index (χ2n) is 6.22. The Morgan fingerprint density at radius 2 is 1.64 bits per heavy atom. The average Bonchev–Trinajstić information content (AvgIpc) is 2.54. The lowest BCUT2D eigenvalue weighted by Gasteiger charge is -2.20. The number of hydrogen-bond donors (Lipinski definition) is 2. The molecule has 8 heteroatoms. The van der Waals surface area contributed by atoms with Gasteiger partial charge in [0.1, 0.15) is 0 Å². The van der Waals surface area contributed by atoms with Crippen LogP contribution in [0, 0.1) is 0 Å². The summed E-state index contributed by atoms with van der Waals surface area (Å²) in [6, 6.07) is 4.94. The van der Waals surface area contributed by atoms with Crippen molar-refractivity contribution in [1.82, 2.24) is 14.7 Å². The van der Waals surface area contributed by atoms with Gasteiger partial charge < -0.3 is 5.32 Å². The van der Waals surface area contributed by atoms with Gasteiger partial charge in [-0.15, -0.1) is 0 Å². The highest BCUT2D eigenvalue weighted by Gasteiger charge is 2.21. The molecule has 0 aliphatic heterocycles. The van der Waals surface area contributed by atoms with Gasteiger partial charge in [0.15, 0.2) is 5.03 Å². The van der Waals surface area contributed by atoms with Crippen molar-refractivity contribution in [2.24, 2.45) is 0 Å². The third kappa shape index (κ3) is 4.54. The number of nitrogens with zero attached hydrogens (tertiary/aromatic N) is 2. The second-order valence-corrected chi connectivity index (χ2v) is 7.85. The van der Waals surface area contributed by atoms with E-state index < -0.39 is 16.1 Å². The van der Waals surface area contributed by atoms with Crippen LogP contribution in [0.1, 0.15) is 50.7 Å². The first-order valence-corrected chi connectivity index (χ1v) is 9.43. The highest BCUT2D eigenvalue weighted by molar-refractivity contribution is 7.90. The van der Waals surface area contributed by atoms with Crippen LogP contribution in [-0.2, 0) is 10.0 Å². The predicted molar refractivity (Wildman–Crippen MR) is 96.0 cm³/mol. The van der Waals surface area contributed by atoms with E-state index >= 15 is 0 Å². The van der Waals surface area contributed by atoms with Crippen molar-refractivity contribution in [3.05, 3.63) is 47.9 Å². The van der Waals surface area contributed by atoms with E-state index in [9.17, 15) is 13.2 Å². The van der Waals surface area contributed by atoms with Gasteiger partial charge in [-0.3, -0.25) is 4.98 Å². The van der Waals surface area contributed by atoms with Gasteiger partial charge in [-0.05, 0) is 23.0 Å². The van der Waals surface area contributed by atoms with Crippen LogP contribution in [0.15, 0.2) is 41.8 Å². The van der Waals surface area contributed by atoms with Crippen molar-refractivity contribution >= 4 is 21.7 Å². The number of sulfonamides is 1. The number of aromatic nitrogens is 2. The summed E-state index contributed by atoms with van der Waals surface area (Å²) in [5, 5.41) is 2.38. The van der Waals surface area contributed by atoms with Crippen LogP contribution < -0.4 is 10.0 Å². The number of nitrogens with one attached hydrogen (secondary N) is 2. The summed E-state index contributed by atoms with van der Waals surface area (Å²) < 4.78 is 26.4. The summed E-state index contributed by atoms with van der Waals surface area (Å²) >= 11 is 0. The number of rotatable bonds is 5. The second kappa shape index (κ2) is 7.60. The summed E-state index contributed by atoms with van der Waals surface area (Å²) in [6.45, 7) is 8.05. The monoisotopic (exact) mass is 362 g/mol. The van der Waals surface area contributed by atoms with E-state index in [1.54, 1.807) is 0 Å². The first-order chi connectivity index (χ1) is 11.7. The van der Waals surface area contributed by atoms with Crippen LogP contribution in [0.5, 0.6) is 0 Å². The Hall–Kier alpha value is -2.48. The number of amides is 2. The molecule has 1 heterocycles. The number of urea groups is 1. The number of benzene rings is 1. The van der Waals surface area contributed by atoms with Crippen molar-refractivity contribution in [3.8, 4) is 0 Å². The maximum Gasteiger partial charge on any atom is 0.333 e. The molecule has 0 spiro atoms. The first-order valence-electron chi connectivity index (χ1n) is 7.95. The lowest BCUT2D eigenvalue weighted by molar-refractivity contribution is 0.256. The Balaban J connectivity index is 2.29. The van der Waals surface area contributed by atoms with E-state index in [2.05, 4.69) is 15.3 Å². The quantitative estimate of drug-likeness (QED) is 0.850.